The van der Waals surface area contributed by atoms with Crippen molar-refractivity contribution in [3.8, 4) is 0 Å². The number of piperazine rings is 1. The molecule has 2 aromatic carbocycles. The van der Waals surface area contributed by atoms with E-state index in [9.17, 15) is 4.79 Å². The molecule has 24 heavy (non-hydrogen) atoms. The molecular formula is C20H23BrN2O. The summed E-state index contributed by atoms with van der Waals surface area (Å²) in [6, 6.07) is 14.7. The lowest BCUT2D eigenvalue weighted by Gasteiger charge is -2.36. The van der Waals surface area contributed by atoms with Crippen LogP contribution < -0.4 is 4.90 Å². The fraction of sp³-hybridized carbons (Fsp3) is 0.350. The van der Waals surface area contributed by atoms with Gasteiger partial charge in [-0.15, -0.1) is 0 Å². The summed E-state index contributed by atoms with van der Waals surface area (Å²) < 4.78 is 1.14. The second-order valence-corrected chi connectivity index (χ2v) is 7.32. The monoisotopic (exact) mass is 386 g/mol. The van der Waals surface area contributed by atoms with Crippen LogP contribution in [0.3, 0.4) is 0 Å². The van der Waals surface area contributed by atoms with Crippen LogP contribution in [0, 0.1) is 13.8 Å². The largest absolute Gasteiger partial charge is 0.368 e. The van der Waals surface area contributed by atoms with Crippen LogP contribution >= 0.6 is 15.9 Å². The Morgan fingerprint density at radius 2 is 1.67 bits per heavy atom. The van der Waals surface area contributed by atoms with Crippen LogP contribution in [-0.4, -0.2) is 37.0 Å². The molecule has 1 aliphatic rings. The number of benzene rings is 2. The standard InChI is InChI=1S/C20H23BrN2O/c1-15-3-5-17(6-4-15)14-20(24)23-11-9-22(10-12-23)18-7-8-19(21)16(2)13-18/h3-8,13H,9-12,14H2,1-2H3. The molecule has 1 amide bonds. The average molecular weight is 387 g/mol. The van der Waals surface area contributed by atoms with Crippen molar-refractivity contribution in [1.82, 2.24) is 4.90 Å². The van der Waals surface area contributed by atoms with Crippen molar-refractivity contribution >= 4 is 27.5 Å². The van der Waals surface area contributed by atoms with Crippen LogP contribution in [0.15, 0.2) is 46.9 Å². The molecule has 3 nitrogen and oxygen atoms in total. The van der Waals surface area contributed by atoms with Gasteiger partial charge in [-0.1, -0.05) is 45.8 Å². The van der Waals surface area contributed by atoms with Gasteiger partial charge in [0.05, 0.1) is 6.42 Å². The topological polar surface area (TPSA) is 23.6 Å². The Labute approximate surface area is 152 Å². The molecule has 0 aliphatic carbocycles. The van der Waals surface area contributed by atoms with Crippen molar-refractivity contribution in [1.29, 1.82) is 0 Å². The van der Waals surface area contributed by atoms with Gasteiger partial charge >= 0.3 is 0 Å². The maximum Gasteiger partial charge on any atom is 0.227 e. The molecule has 1 fully saturated rings. The van der Waals surface area contributed by atoms with Gasteiger partial charge in [0.15, 0.2) is 0 Å². The Hall–Kier alpha value is -1.81. The Morgan fingerprint density at radius 1 is 1.00 bits per heavy atom. The molecule has 0 saturated carbocycles. The quantitative estimate of drug-likeness (QED) is 0.796. The Morgan fingerprint density at radius 3 is 2.29 bits per heavy atom. The molecule has 0 unspecified atom stereocenters. The zero-order valence-corrected chi connectivity index (χ0v) is 15.8. The van der Waals surface area contributed by atoms with Crippen molar-refractivity contribution in [3.05, 3.63) is 63.6 Å². The summed E-state index contributed by atoms with van der Waals surface area (Å²) in [6.07, 6.45) is 0.498. The molecule has 1 saturated heterocycles. The van der Waals surface area contributed by atoms with Crippen molar-refractivity contribution in [2.45, 2.75) is 20.3 Å². The molecular weight excluding hydrogens is 364 g/mol. The predicted octanol–water partition coefficient (Wildman–Crippen LogP) is 3.96. The molecule has 0 spiro atoms. The van der Waals surface area contributed by atoms with Crippen LogP contribution in [0.4, 0.5) is 5.69 Å². The third kappa shape index (κ3) is 3.99. The van der Waals surface area contributed by atoms with Gasteiger partial charge in [0.1, 0.15) is 0 Å². The Bertz CT molecular complexity index is 719. The lowest BCUT2D eigenvalue weighted by molar-refractivity contribution is -0.130. The van der Waals surface area contributed by atoms with E-state index in [1.54, 1.807) is 0 Å². The molecule has 3 rings (SSSR count). The highest BCUT2D eigenvalue weighted by atomic mass is 79.9. The summed E-state index contributed by atoms with van der Waals surface area (Å²) in [5.74, 6) is 0.227. The highest BCUT2D eigenvalue weighted by molar-refractivity contribution is 9.10. The zero-order valence-electron chi connectivity index (χ0n) is 14.3. The highest BCUT2D eigenvalue weighted by Crippen LogP contribution is 2.24. The molecule has 0 radical (unpaired) electrons. The molecule has 4 heteroatoms. The number of halogens is 1. The minimum atomic E-state index is 0.227. The van der Waals surface area contributed by atoms with E-state index < -0.39 is 0 Å². The minimum absolute atomic E-state index is 0.227. The number of carbonyl (C=O) groups is 1. The van der Waals surface area contributed by atoms with Crippen molar-refractivity contribution in [2.24, 2.45) is 0 Å². The highest BCUT2D eigenvalue weighted by Gasteiger charge is 2.21. The predicted molar refractivity (Wildman–Crippen MR) is 103 cm³/mol. The van der Waals surface area contributed by atoms with Crippen LogP contribution in [0.2, 0.25) is 0 Å². The molecule has 2 aromatic rings. The van der Waals surface area contributed by atoms with E-state index in [4.69, 9.17) is 0 Å². The van der Waals surface area contributed by atoms with E-state index in [0.29, 0.717) is 6.42 Å². The molecule has 0 atom stereocenters. The number of amides is 1. The fourth-order valence-corrected chi connectivity index (χ4v) is 3.28. The molecule has 1 aliphatic heterocycles. The number of anilines is 1. The number of rotatable bonds is 3. The summed E-state index contributed by atoms with van der Waals surface area (Å²) in [4.78, 5) is 16.8. The van der Waals surface area contributed by atoms with Gasteiger partial charge in [-0.05, 0) is 43.2 Å². The lowest BCUT2D eigenvalue weighted by Crippen LogP contribution is -2.49. The number of hydrogen-bond acceptors (Lipinski definition) is 2. The summed E-state index contributed by atoms with van der Waals surface area (Å²) in [6.45, 7) is 7.53. The molecule has 126 valence electrons. The van der Waals surface area contributed by atoms with E-state index in [0.717, 1.165) is 36.2 Å². The zero-order chi connectivity index (χ0) is 17.1. The van der Waals surface area contributed by atoms with E-state index in [1.165, 1.54) is 16.8 Å². The second kappa shape index (κ2) is 7.39. The average Bonchev–Trinajstić information content (AvgIpc) is 2.59. The summed E-state index contributed by atoms with van der Waals surface area (Å²) >= 11 is 3.55. The van der Waals surface area contributed by atoms with Gasteiger partial charge in [-0.2, -0.15) is 0 Å². The van der Waals surface area contributed by atoms with Gasteiger partial charge in [0.2, 0.25) is 5.91 Å². The van der Waals surface area contributed by atoms with Crippen molar-refractivity contribution in [3.63, 3.8) is 0 Å². The number of nitrogens with zero attached hydrogens (tertiary/aromatic N) is 2. The fourth-order valence-electron chi connectivity index (χ4n) is 3.03. The first-order chi connectivity index (χ1) is 11.5. The van der Waals surface area contributed by atoms with E-state index >= 15 is 0 Å². The van der Waals surface area contributed by atoms with Gasteiger partial charge < -0.3 is 9.80 Å². The van der Waals surface area contributed by atoms with E-state index in [-0.39, 0.29) is 5.91 Å². The lowest BCUT2D eigenvalue weighted by atomic mass is 10.1. The molecule has 0 bridgehead atoms. The third-order valence-electron chi connectivity index (χ3n) is 4.62. The van der Waals surface area contributed by atoms with Crippen molar-refractivity contribution in [2.75, 3.05) is 31.1 Å². The molecule has 1 heterocycles. The number of hydrogen-bond donors (Lipinski definition) is 0. The summed E-state index contributed by atoms with van der Waals surface area (Å²) in [5, 5.41) is 0. The molecule has 0 aromatic heterocycles. The summed E-state index contributed by atoms with van der Waals surface area (Å²) in [7, 11) is 0. The Balaban J connectivity index is 1.57. The van der Waals surface area contributed by atoms with E-state index in [1.807, 2.05) is 17.0 Å². The van der Waals surface area contributed by atoms with Crippen LogP contribution in [0.25, 0.3) is 0 Å². The maximum absolute atomic E-state index is 12.5. The van der Waals surface area contributed by atoms with Crippen molar-refractivity contribution < 1.29 is 4.79 Å². The summed E-state index contributed by atoms with van der Waals surface area (Å²) in [5.41, 5.74) is 4.80. The van der Waals surface area contributed by atoms with Gasteiger partial charge in [0.25, 0.3) is 0 Å². The first kappa shape index (κ1) is 17.0. The number of carbonyl (C=O) groups excluding carboxylic acids is 1. The molecule has 0 N–H and O–H groups in total. The normalized spacial score (nSPS) is 14.8. The first-order valence-electron chi connectivity index (χ1n) is 8.37. The number of aryl methyl sites for hydroxylation is 2. The maximum atomic E-state index is 12.5. The van der Waals surface area contributed by atoms with Gasteiger partial charge in [-0.25, -0.2) is 0 Å². The third-order valence-corrected chi connectivity index (χ3v) is 5.50. The second-order valence-electron chi connectivity index (χ2n) is 6.46. The SMILES string of the molecule is Cc1ccc(CC(=O)N2CCN(c3ccc(Br)c(C)c3)CC2)cc1. The Kier molecular flexibility index (Phi) is 5.24. The first-order valence-corrected chi connectivity index (χ1v) is 9.16. The van der Waals surface area contributed by atoms with Crippen LogP contribution in [0.5, 0.6) is 0 Å². The minimum Gasteiger partial charge on any atom is -0.368 e. The van der Waals surface area contributed by atoms with Crippen LogP contribution in [0.1, 0.15) is 16.7 Å². The smallest absolute Gasteiger partial charge is 0.227 e. The van der Waals surface area contributed by atoms with Gasteiger partial charge in [-0.3, -0.25) is 4.79 Å². The van der Waals surface area contributed by atoms with Gasteiger partial charge in [0, 0.05) is 36.3 Å². The van der Waals surface area contributed by atoms with Crippen LogP contribution in [-0.2, 0) is 11.2 Å². The van der Waals surface area contributed by atoms with E-state index in [2.05, 4.69) is 65.0 Å².